The van der Waals surface area contributed by atoms with Crippen LogP contribution in [0.1, 0.15) is 43.6 Å². The van der Waals surface area contributed by atoms with Crippen molar-refractivity contribution in [2.45, 2.75) is 33.1 Å². The van der Waals surface area contributed by atoms with E-state index >= 15 is 0 Å². The Hall–Kier alpha value is -1.80. The molecule has 1 aromatic carbocycles. The molecule has 0 unspecified atom stereocenters. The summed E-state index contributed by atoms with van der Waals surface area (Å²) >= 11 is 1.33. The van der Waals surface area contributed by atoms with Crippen molar-refractivity contribution in [2.24, 2.45) is 4.99 Å². The van der Waals surface area contributed by atoms with Crippen LogP contribution in [0.15, 0.2) is 23.2 Å². The minimum absolute atomic E-state index is 0.0260. The molecule has 0 atom stereocenters. The van der Waals surface area contributed by atoms with E-state index in [1.165, 1.54) is 18.7 Å². The highest BCUT2D eigenvalue weighted by Crippen LogP contribution is 2.29. The molecule has 0 aliphatic heterocycles. The second kappa shape index (κ2) is 6.58. The minimum Gasteiger partial charge on any atom is -0.294 e. The first kappa shape index (κ1) is 16.3. The predicted molar refractivity (Wildman–Crippen MR) is 84.5 cm³/mol. The quantitative estimate of drug-likeness (QED) is 0.297. The van der Waals surface area contributed by atoms with E-state index in [1.54, 1.807) is 6.07 Å². The molecule has 0 radical (unpaired) electrons. The molecule has 4 nitrogen and oxygen atoms in total. The summed E-state index contributed by atoms with van der Waals surface area (Å²) in [5.41, 5.74) is 2.22. The maximum Gasteiger partial charge on any atom is 0.183 e. The Morgan fingerprint density at radius 1 is 1.40 bits per heavy atom. The number of Topliss-reactive ketones (excluding diaryl/α,β-unsaturated/α-hetero) is 1. The van der Waals surface area contributed by atoms with E-state index in [0.717, 1.165) is 5.56 Å². The van der Waals surface area contributed by atoms with Crippen LogP contribution in [0.25, 0.3) is 0 Å². The van der Waals surface area contributed by atoms with Crippen LogP contribution < -0.4 is 5.32 Å². The number of carbonyl (C=O) groups is 1. The third kappa shape index (κ3) is 4.10. The molecule has 1 aromatic rings. The van der Waals surface area contributed by atoms with Gasteiger partial charge in [-0.05, 0) is 36.3 Å². The van der Waals surface area contributed by atoms with E-state index in [9.17, 15) is 4.79 Å². The first-order valence-corrected chi connectivity index (χ1v) is 7.45. The summed E-state index contributed by atoms with van der Waals surface area (Å²) in [6, 6.07) is 5.66. The molecule has 1 N–H and O–H groups in total. The number of nitrogens with zero attached hydrogens (tertiary/aromatic N) is 2. The maximum absolute atomic E-state index is 11.7. The number of ketones is 1. The molecule has 5 heteroatoms. The van der Waals surface area contributed by atoms with E-state index in [-0.39, 0.29) is 11.2 Å². The normalized spacial score (nSPS) is 11.9. The van der Waals surface area contributed by atoms with Gasteiger partial charge < -0.3 is 0 Å². The molecular formula is C15H19N3OS. The SMILES string of the molecule is CSC(=Nc1cc(C(C)(C)C)ccc1C(C)=O)NC#N. The number of nitriles is 1. The first-order chi connectivity index (χ1) is 9.29. The van der Waals surface area contributed by atoms with Gasteiger partial charge in [0.25, 0.3) is 0 Å². The molecular weight excluding hydrogens is 270 g/mol. The van der Waals surface area contributed by atoms with Crippen LogP contribution >= 0.6 is 11.8 Å². The lowest BCUT2D eigenvalue weighted by Gasteiger charge is -2.20. The van der Waals surface area contributed by atoms with Gasteiger partial charge in [-0.15, -0.1) is 0 Å². The van der Waals surface area contributed by atoms with Crippen molar-refractivity contribution < 1.29 is 4.79 Å². The maximum atomic E-state index is 11.7. The topological polar surface area (TPSA) is 65.2 Å². The van der Waals surface area contributed by atoms with Crippen LogP contribution in [-0.2, 0) is 5.41 Å². The first-order valence-electron chi connectivity index (χ1n) is 6.23. The summed E-state index contributed by atoms with van der Waals surface area (Å²) in [5, 5.41) is 11.7. The van der Waals surface area contributed by atoms with E-state index in [2.05, 4.69) is 31.1 Å². The highest BCUT2D eigenvalue weighted by Gasteiger charge is 2.17. The van der Waals surface area contributed by atoms with Gasteiger partial charge in [0.1, 0.15) is 0 Å². The Bertz CT molecular complexity index is 580. The zero-order chi connectivity index (χ0) is 15.3. The Balaban J connectivity index is 3.40. The van der Waals surface area contributed by atoms with Crippen LogP contribution in [-0.4, -0.2) is 17.2 Å². The van der Waals surface area contributed by atoms with Gasteiger partial charge in [-0.2, -0.15) is 5.26 Å². The lowest BCUT2D eigenvalue weighted by molar-refractivity contribution is 0.101. The van der Waals surface area contributed by atoms with Gasteiger partial charge in [0.2, 0.25) is 0 Å². The molecule has 20 heavy (non-hydrogen) atoms. The summed E-state index contributed by atoms with van der Waals surface area (Å²) in [6.07, 6.45) is 3.67. The number of nitrogens with one attached hydrogen (secondary N) is 1. The molecule has 0 aliphatic rings. The molecule has 0 bridgehead atoms. The van der Waals surface area contributed by atoms with Crippen LogP contribution in [0.3, 0.4) is 0 Å². The van der Waals surface area contributed by atoms with Crippen LogP contribution in [0.5, 0.6) is 0 Å². The van der Waals surface area contributed by atoms with E-state index in [4.69, 9.17) is 5.26 Å². The fourth-order valence-corrected chi connectivity index (χ4v) is 2.01. The number of hydrogen-bond donors (Lipinski definition) is 1. The van der Waals surface area contributed by atoms with Crippen LogP contribution in [0.4, 0.5) is 5.69 Å². The lowest BCUT2D eigenvalue weighted by Crippen LogP contribution is -2.14. The number of rotatable bonds is 2. The lowest BCUT2D eigenvalue weighted by atomic mass is 9.86. The number of benzene rings is 1. The molecule has 0 spiro atoms. The van der Waals surface area contributed by atoms with E-state index in [0.29, 0.717) is 16.4 Å². The summed E-state index contributed by atoms with van der Waals surface area (Å²) in [7, 11) is 0. The fraction of sp³-hybridized carbons (Fsp3) is 0.400. The number of aliphatic imine (C=N–C) groups is 1. The summed E-state index contributed by atoms with van der Waals surface area (Å²) < 4.78 is 0. The van der Waals surface area contributed by atoms with Crippen molar-refractivity contribution in [1.29, 1.82) is 5.26 Å². The van der Waals surface area contributed by atoms with Crippen molar-refractivity contribution in [1.82, 2.24) is 5.32 Å². The highest BCUT2D eigenvalue weighted by molar-refractivity contribution is 8.13. The molecule has 106 valence electrons. The Morgan fingerprint density at radius 2 is 2.05 bits per heavy atom. The summed E-state index contributed by atoms with van der Waals surface area (Å²) in [4.78, 5) is 16.1. The van der Waals surface area contributed by atoms with E-state index < -0.39 is 0 Å². The van der Waals surface area contributed by atoms with Crippen molar-refractivity contribution in [3.8, 4) is 6.19 Å². The predicted octanol–water partition coefficient (Wildman–Crippen LogP) is 3.61. The third-order valence-electron chi connectivity index (χ3n) is 2.82. The minimum atomic E-state index is -0.0402. The van der Waals surface area contributed by atoms with Crippen LogP contribution in [0.2, 0.25) is 0 Å². The third-order valence-corrected chi connectivity index (χ3v) is 3.40. The van der Waals surface area contributed by atoms with Crippen LogP contribution in [0, 0.1) is 11.5 Å². The Labute approximate surface area is 124 Å². The summed E-state index contributed by atoms with van der Waals surface area (Å²) in [6.45, 7) is 7.83. The average molecular weight is 289 g/mol. The van der Waals surface area contributed by atoms with Gasteiger partial charge in [0.05, 0.1) is 5.69 Å². The monoisotopic (exact) mass is 289 g/mol. The van der Waals surface area contributed by atoms with Gasteiger partial charge in [-0.25, -0.2) is 4.99 Å². The van der Waals surface area contributed by atoms with Gasteiger partial charge in [-0.3, -0.25) is 10.1 Å². The molecule has 0 fully saturated rings. The van der Waals surface area contributed by atoms with Crippen molar-refractivity contribution in [2.75, 3.05) is 6.26 Å². The smallest absolute Gasteiger partial charge is 0.183 e. The Kier molecular flexibility index (Phi) is 5.34. The second-order valence-corrected chi connectivity index (χ2v) is 6.19. The number of thioether (sulfide) groups is 1. The van der Waals surface area contributed by atoms with Gasteiger partial charge >= 0.3 is 0 Å². The molecule has 0 aliphatic carbocycles. The molecule has 0 heterocycles. The van der Waals surface area contributed by atoms with E-state index in [1.807, 2.05) is 24.6 Å². The standard InChI is InChI=1S/C15H19N3OS/c1-10(19)12-7-6-11(15(2,3)4)8-13(12)18-14(20-5)17-9-16/h6-8H,1-5H3,(H,17,18). The summed E-state index contributed by atoms with van der Waals surface area (Å²) in [5.74, 6) is -0.0402. The molecule has 0 saturated carbocycles. The molecule has 1 rings (SSSR count). The zero-order valence-corrected chi connectivity index (χ0v) is 13.3. The second-order valence-electron chi connectivity index (χ2n) is 5.40. The number of amidine groups is 1. The van der Waals surface area contributed by atoms with Gasteiger partial charge in [0, 0.05) is 5.56 Å². The number of hydrogen-bond acceptors (Lipinski definition) is 4. The highest BCUT2D eigenvalue weighted by atomic mass is 32.2. The molecule has 0 saturated heterocycles. The Morgan fingerprint density at radius 3 is 2.50 bits per heavy atom. The van der Waals surface area contributed by atoms with Crippen molar-refractivity contribution in [3.63, 3.8) is 0 Å². The number of carbonyl (C=O) groups excluding carboxylic acids is 1. The zero-order valence-electron chi connectivity index (χ0n) is 12.4. The van der Waals surface area contributed by atoms with Crippen molar-refractivity contribution >= 4 is 28.4 Å². The molecule has 0 aromatic heterocycles. The largest absolute Gasteiger partial charge is 0.294 e. The van der Waals surface area contributed by atoms with Crippen molar-refractivity contribution in [3.05, 3.63) is 29.3 Å². The van der Waals surface area contributed by atoms with Gasteiger partial charge in [0.15, 0.2) is 17.1 Å². The molecule has 0 amide bonds. The fourth-order valence-electron chi connectivity index (χ4n) is 1.67. The van der Waals surface area contributed by atoms with Gasteiger partial charge in [-0.1, -0.05) is 38.6 Å². The average Bonchev–Trinajstić information content (AvgIpc) is 2.36.